The van der Waals surface area contributed by atoms with Gasteiger partial charge in [0.05, 0.1) is 19.1 Å². The molecule has 0 saturated heterocycles. The molecular formula is C34H49BrN2O4S. The van der Waals surface area contributed by atoms with Crippen LogP contribution in [0.1, 0.15) is 94.5 Å². The summed E-state index contributed by atoms with van der Waals surface area (Å²) in [5, 5.41) is 6.26. The summed E-state index contributed by atoms with van der Waals surface area (Å²) in [4.78, 5) is 12.6. The normalized spacial score (nSPS) is 10.6. The fraction of sp³-hybridized carbons (Fsp3) is 0.529. The third-order valence-corrected chi connectivity index (χ3v) is 8.07. The van der Waals surface area contributed by atoms with Crippen molar-refractivity contribution in [3.8, 4) is 17.2 Å². The molecule has 2 aromatic carbocycles. The lowest BCUT2D eigenvalue weighted by atomic mass is 10.1. The van der Waals surface area contributed by atoms with Crippen LogP contribution in [0.3, 0.4) is 0 Å². The van der Waals surface area contributed by atoms with Crippen molar-refractivity contribution >= 4 is 22.9 Å². The van der Waals surface area contributed by atoms with Gasteiger partial charge in [0.2, 0.25) is 5.01 Å². The minimum atomic E-state index is -0.219. The molecule has 3 rings (SSSR count). The highest BCUT2D eigenvalue weighted by molar-refractivity contribution is 7.09. The average Bonchev–Trinajstić information content (AvgIpc) is 3.39. The molecule has 8 heteroatoms. The van der Waals surface area contributed by atoms with Gasteiger partial charge in [-0.2, -0.15) is 4.57 Å². The lowest BCUT2D eigenvalue weighted by Gasteiger charge is -2.14. The van der Waals surface area contributed by atoms with E-state index < -0.39 is 0 Å². The molecule has 232 valence electrons. The zero-order valence-corrected chi connectivity index (χ0v) is 28.1. The number of ether oxygens (including phenoxy) is 3. The Morgan fingerprint density at radius 2 is 1.48 bits per heavy atom. The van der Waals surface area contributed by atoms with Gasteiger partial charge in [-0.15, -0.1) is 0 Å². The molecule has 0 atom stereocenters. The van der Waals surface area contributed by atoms with E-state index in [1.54, 1.807) is 24.5 Å². The van der Waals surface area contributed by atoms with Gasteiger partial charge in [0.1, 0.15) is 5.75 Å². The highest BCUT2D eigenvalue weighted by atomic mass is 79.9. The zero-order valence-electron chi connectivity index (χ0n) is 25.7. The number of rotatable bonds is 21. The third-order valence-electron chi connectivity index (χ3n) is 7.24. The molecule has 0 saturated carbocycles. The minimum absolute atomic E-state index is 0. The largest absolute Gasteiger partial charge is 1.00 e. The van der Waals surface area contributed by atoms with E-state index in [9.17, 15) is 4.79 Å². The number of amides is 1. The van der Waals surface area contributed by atoms with E-state index in [0.29, 0.717) is 23.9 Å². The lowest BCUT2D eigenvalue weighted by molar-refractivity contribution is -0.689. The van der Waals surface area contributed by atoms with Gasteiger partial charge in [-0.3, -0.25) is 4.79 Å². The van der Waals surface area contributed by atoms with Crippen molar-refractivity contribution in [3.05, 3.63) is 64.6 Å². The third kappa shape index (κ3) is 13.6. The van der Waals surface area contributed by atoms with Crippen molar-refractivity contribution in [2.45, 2.75) is 97.4 Å². The maximum absolute atomic E-state index is 12.6. The second-order valence-corrected chi connectivity index (χ2v) is 11.7. The molecule has 0 fully saturated rings. The Labute approximate surface area is 267 Å². The summed E-state index contributed by atoms with van der Waals surface area (Å²) in [5.41, 5.74) is 1.92. The maximum Gasteiger partial charge on any atom is 0.262 e. The number of carbonyl (C=O) groups excluding carboxylic acids is 1. The van der Waals surface area contributed by atoms with Crippen molar-refractivity contribution < 1.29 is 40.6 Å². The molecule has 1 amide bonds. The number of hydrogen-bond donors (Lipinski definition) is 1. The van der Waals surface area contributed by atoms with E-state index >= 15 is 0 Å². The number of benzene rings is 2. The van der Waals surface area contributed by atoms with Crippen LogP contribution in [0.5, 0.6) is 17.2 Å². The van der Waals surface area contributed by atoms with Gasteiger partial charge in [0.15, 0.2) is 30.8 Å². The second kappa shape index (κ2) is 21.2. The SMILES string of the molecule is CCCCCCCCCCCCCCOc1cc(OC)ccc1OCC(=O)Nc1ccc(C[n+]2ccsc2C)cc1.[Br-]. The molecule has 0 aliphatic carbocycles. The number of unbranched alkanes of at least 4 members (excludes halogenated alkanes) is 11. The van der Waals surface area contributed by atoms with Crippen molar-refractivity contribution in [2.75, 3.05) is 25.6 Å². The average molecular weight is 662 g/mol. The first-order valence-electron chi connectivity index (χ1n) is 15.3. The predicted octanol–water partition coefficient (Wildman–Crippen LogP) is 5.50. The van der Waals surface area contributed by atoms with E-state index in [2.05, 4.69) is 35.3 Å². The first kappa shape index (κ1) is 35.6. The summed E-state index contributed by atoms with van der Waals surface area (Å²) in [6.45, 7) is 5.70. The van der Waals surface area contributed by atoms with E-state index in [0.717, 1.165) is 25.1 Å². The molecule has 0 unspecified atom stereocenters. The van der Waals surface area contributed by atoms with Crippen molar-refractivity contribution in [2.24, 2.45) is 0 Å². The molecule has 1 N–H and O–H groups in total. The van der Waals surface area contributed by atoms with Crippen molar-refractivity contribution in [3.63, 3.8) is 0 Å². The van der Waals surface area contributed by atoms with E-state index in [1.165, 1.54) is 74.8 Å². The number of carbonyl (C=O) groups is 1. The fourth-order valence-corrected chi connectivity index (χ4v) is 5.41. The predicted molar refractivity (Wildman–Crippen MR) is 168 cm³/mol. The molecule has 0 bridgehead atoms. The number of methoxy groups -OCH3 is 1. The summed E-state index contributed by atoms with van der Waals surface area (Å²) < 4.78 is 19.5. The highest BCUT2D eigenvalue weighted by Gasteiger charge is 2.12. The standard InChI is InChI=1S/C34H48N2O4S.BrH/c1-4-5-6-7-8-9-10-11-12-13-14-15-23-39-33-25-31(38-3)20-21-32(33)40-27-34(37)35-30-18-16-29(17-19-30)26-36-22-24-41-28(36)2;/h16-22,24-25H,4-15,23,26-27H2,1-3H3;1H. The first-order valence-corrected chi connectivity index (χ1v) is 16.2. The summed E-state index contributed by atoms with van der Waals surface area (Å²) in [5.74, 6) is 1.62. The Hall–Kier alpha value is -2.58. The summed E-state index contributed by atoms with van der Waals surface area (Å²) in [6, 6.07) is 13.3. The number of aromatic nitrogens is 1. The number of halogens is 1. The van der Waals surface area contributed by atoms with Gasteiger partial charge in [0, 0.05) is 24.2 Å². The Balaban J connectivity index is 0.00000616. The molecule has 0 aliphatic heterocycles. The number of aryl methyl sites for hydroxylation is 1. The molecule has 0 radical (unpaired) electrons. The minimum Gasteiger partial charge on any atom is -1.00 e. The van der Waals surface area contributed by atoms with Crippen molar-refractivity contribution in [1.82, 2.24) is 0 Å². The molecule has 0 spiro atoms. The Morgan fingerprint density at radius 1 is 0.833 bits per heavy atom. The number of nitrogens with zero attached hydrogens (tertiary/aromatic N) is 1. The maximum atomic E-state index is 12.6. The molecule has 42 heavy (non-hydrogen) atoms. The second-order valence-electron chi connectivity index (χ2n) is 10.6. The quantitative estimate of drug-likeness (QED) is 0.121. The van der Waals surface area contributed by atoms with E-state index in [4.69, 9.17) is 14.2 Å². The first-order chi connectivity index (χ1) is 20.1. The van der Waals surface area contributed by atoms with Gasteiger partial charge in [-0.25, -0.2) is 0 Å². The Kier molecular flexibility index (Phi) is 17.9. The topological polar surface area (TPSA) is 60.7 Å². The summed E-state index contributed by atoms with van der Waals surface area (Å²) in [6.07, 6.45) is 17.7. The number of nitrogens with one attached hydrogen (secondary N) is 1. The van der Waals surface area contributed by atoms with E-state index in [1.807, 2.05) is 36.4 Å². The summed E-state index contributed by atoms with van der Waals surface area (Å²) in [7, 11) is 1.63. The molecule has 6 nitrogen and oxygen atoms in total. The van der Waals surface area contributed by atoms with Crippen LogP contribution in [0.4, 0.5) is 5.69 Å². The van der Waals surface area contributed by atoms with Crippen LogP contribution in [-0.4, -0.2) is 26.2 Å². The van der Waals surface area contributed by atoms with Gasteiger partial charge in [-0.05, 0) is 30.7 Å². The zero-order chi connectivity index (χ0) is 29.1. The van der Waals surface area contributed by atoms with Crippen LogP contribution in [0.15, 0.2) is 54.0 Å². The van der Waals surface area contributed by atoms with Gasteiger partial charge < -0.3 is 36.5 Å². The number of anilines is 1. The molecule has 3 aromatic rings. The fourth-order valence-electron chi connectivity index (χ4n) is 4.74. The van der Waals surface area contributed by atoms with E-state index in [-0.39, 0.29) is 29.5 Å². The molecule has 1 heterocycles. The molecular weight excluding hydrogens is 612 g/mol. The van der Waals surface area contributed by atoms with Gasteiger partial charge in [0.25, 0.3) is 5.91 Å². The molecule has 0 aliphatic rings. The van der Waals surface area contributed by atoms with Crippen LogP contribution in [0, 0.1) is 6.92 Å². The van der Waals surface area contributed by atoms with Crippen LogP contribution in [0.2, 0.25) is 0 Å². The van der Waals surface area contributed by atoms with Gasteiger partial charge in [-0.1, -0.05) is 101 Å². The summed E-state index contributed by atoms with van der Waals surface area (Å²) >= 11 is 1.73. The number of thiazole rings is 1. The van der Waals surface area contributed by atoms with Crippen LogP contribution < -0.4 is 41.1 Å². The van der Waals surface area contributed by atoms with Crippen molar-refractivity contribution in [1.29, 1.82) is 0 Å². The van der Waals surface area contributed by atoms with Crippen LogP contribution in [0.25, 0.3) is 0 Å². The highest BCUT2D eigenvalue weighted by Crippen LogP contribution is 2.32. The van der Waals surface area contributed by atoms with Gasteiger partial charge >= 0.3 is 0 Å². The molecule has 1 aromatic heterocycles. The Bertz CT molecular complexity index is 1150. The number of hydrogen-bond acceptors (Lipinski definition) is 5. The smallest absolute Gasteiger partial charge is 0.262 e. The van der Waals surface area contributed by atoms with Crippen LogP contribution >= 0.6 is 11.3 Å². The van der Waals surface area contributed by atoms with Crippen LogP contribution in [-0.2, 0) is 11.3 Å². The lowest BCUT2D eigenvalue weighted by Crippen LogP contribution is -3.00. The Morgan fingerprint density at radius 3 is 2.07 bits per heavy atom. The monoisotopic (exact) mass is 660 g/mol.